The van der Waals surface area contributed by atoms with E-state index in [1.807, 2.05) is 13.8 Å². The van der Waals surface area contributed by atoms with Crippen molar-refractivity contribution in [1.82, 2.24) is 10.6 Å². The number of alkyl carbamates (subject to hydrolysis) is 1. The van der Waals surface area contributed by atoms with E-state index in [2.05, 4.69) is 10.6 Å². The van der Waals surface area contributed by atoms with Crippen molar-refractivity contribution in [3.05, 3.63) is 6.10 Å². The molecule has 0 aliphatic heterocycles. The van der Waals surface area contributed by atoms with Crippen molar-refractivity contribution in [1.29, 1.82) is 0 Å². The first-order chi connectivity index (χ1) is 17.5. The van der Waals surface area contributed by atoms with E-state index in [0.717, 1.165) is 0 Å². The summed E-state index contributed by atoms with van der Waals surface area (Å²) in [6.07, 6.45) is -0.913. The standard InChI is InChI=1S/C21H38N2O13P/c1-5-19(25)33-13-17(36-20(26)6-2)14-35-37(28,29)34-10-8-23-21(27)31-12-11-30-9-7-22-18(24)15-32-16(3)4/h16H,5-15H2,1-4H3,(H,22,24)(H,23,27)(H,28,29)/q-1. The maximum Gasteiger partial charge on any atom is 0.469 e. The van der Waals surface area contributed by atoms with Gasteiger partial charge >= 0.3 is 19.9 Å². The van der Waals surface area contributed by atoms with Gasteiger partial charge in [-0.05, 0) is 20.5 Å². The summed E-state index contributed by atoms with van der Waals surface area (Å²) < 4.78 is 46.4. The molecule has 15 nitrogen and oxygen atoms in total. The molecule has 3 N–H and O–H groups in total. The van der Waals surface area contributed by atoms with Crippen molar-refractivity contribution in [2.45, 2.75) is 46.6 Å². The van der Waals surface area contributed by atoms with Crippen molar-refractivity contribution in [3.63, 3.8) is 0 Å². The molecule has 37 heavy (non-hydrogen) atoms. The highest BCUT2D eigenvalue weighted by atomic mass is 31.2. The number of ether oxygens (including phenoxy) is 5. The van der Waals surface area contributed by atoms with E-state index in [-0.39, 0.29) is 70.5 Å². The minimum Gasteiger partial charge on any atom is -0.629 e. The Morgan fingerprint density at radius 2 is 1.54 bits per heavy atom. The van der Waals surface area contributed by atoms with Crippen LogP contribution in [0.1, 0.15) is 40.5 Å². The molecule has 0 rings (SSSR count). The summed E-state index contributed by atoms with van der Waals surface area (Å²) in [4.78, 5) is 55.5. The fourth-order valence-corrected chi connectivity index (χ4v) is 2.71. The molecule has 0 spiro atoms. The van der Waals surface area contributed by atoms with Crippen LogP contribution in [0.4, 0.5) is 4.79 Å². The molecule has 1 atom stereocenters. The molecular formula is C21H38N2O13P-. The lowest BCUT2D eigenvalue weighted by Crippen LogP contribution is -2.32. The molecule has 0 heterocycles. The maximum atomic E-state index is 12.0. The smallest absolute Gasteiger partial charge is 0.469 e. The second kappa shape index (κ2) is 20.7. The van der Waals surface area contributed by atoms with Crippen molar-refractivity contribution in [2.75, 3.05) is 59.3 Å². The first-order valence-corrected chi connectivity index (χ1v) is 13.2. The second-order valence-corrected chi connectivity index (χ2v) is 8.79. The van der Waals surface area contributed by atoms with Gasteiger partial charge in [-0.2, -0.15) is 0 Å². The number of amides is 2. The van der Waals surface area contributed by atoms with Crippen LogP contribution >= 0.6 is 7.82 Å². The number of rotatable bonds is 21. The summed E-state index contributed by atoms with van der Waals surface area (Å²) in [6.45, 7) is 5.61. The molecule has 1 unspecified atom stereocenters. The van der Waals surface area contributed by atoms with Crippen LogP contribution in [0.15, 0.2) is 0 Å². The van der Waals surface area contributed by atoms with Gasteiger partial charge in [-0.3, -0.25) is 18.9 Å². The van der Waals surface area contributed by atoms with Crippen molar-refractivity contribution in [2.24, 2.45) is 0 Å². The molecule has 0 bridgehead atoms. The first-order valence-electron chi connectivity index (χ1n) is 11.7. The SMILES string of the molecule is CCC(=O)OC[C-](COP(=O)(O)OCCNC(=O)OCCOCCNC(=O)COC(C)C)OC(=O)CC. The van der Waals surface area contributed by atoms with E-state index < -0.39 is 45.7 Å². The van der Waals surface area contributed by atoms with Crippen molar-refractivity contribution < 1.29 is 61.4 Å². The van der Waals surface area contributed by atoms with Crippen LogP contribution in [0, 0.1) is 6.10 Å². The normalized spacial score (nSPS) is 12.6. The number of carbonyl (C=O) groups excluding carboxylic acids is 4. The summed E-state index contributed by atoms with van der Waals surface area (Å²) in [5, 5.41) is 4.90. The number of hydrogen-bond acceptors (Lipinski definition) is 12. The summed E-state index contributed by atoms with van der Waals surface area (Å²) in [5.41, 5.74) is 0. The third-order valence-corrected chi connectivity index (χ3v) is 4.79. The number of phosphoric ester groups is 1. The second-order valence-electron chi connectivity index (χ2n) is 7.34. The highest BCUT2D eigenvalue weighted by molar-refractivity contribution is 7.47. The Balaban J connectivity index is 3.99. The quantitative estimate of drug-likeness (QED) is 0.0591. The Morgan fingerprint density at radius 1 is 0.865 bits per heavy atom. The Hall–Kier alpha value is -2.29. The third kappa shape index (κ3) is 21.5. The molecule has 216 valence electrons. The molecule has 0 aromatic rings. The number of hydrogen-bond donors (Lipinski definition) is 3. The molecule has 0 aromatic carbocycles. The number of nitrogens with one attached hydrogen (secondary N) is 2. The molecule has 0 radical (unpaired) electrons. The Morgan fingerprint density at radius 3 is 2.19 bits per heavy atom. The van der Waals surface area contributed by atoms with Crippen molar-refractivity contribution in [3.8, 4) is 0 Å². The van der Waals surface area contributed by atoms with Crippen LogP contribution in [-0.2, 0) is 51.7 Å². The zero-order valence-corrected chi connectivity index (χ0v) is 22.5. The zero-order chi connectivity index (χ0) is 28.1. The van der Waals surface area contributed by atoms with Crippen LogP contribution in [0.25, 0.3) is 0 Å². The highest BCUT2D eigenvalue weighted by Gasteiger charge is 2.21. The van der Waals surface area contributed by atoms with Gasteiger partial charge in [0.25, 0.3) is 5.97 Å². The number of esters is 2. The average molecular weight is 558 g/mol. The molecular weight excluding hydrogens is 519 g/mol. The fourth-order valence-electron chi connectivity index (χ4n) is 2.00. The van der Waals surface area contributed by atoms with Crippen LogP contribution in [-0.4, -0.2) is 94.3 Å². The average Bonchev–Trinajstić information content (AvgIpc) is 2.85. The van der Waals surface area contributed by atoms with Gasteiger partial charge in [0, 0.05) is 32.5 Å². The third-order valence-electron chi connectivity index (χ3n) is 3.82. The fraction of sp³-hybridized carbons (Fsp3) is 0.762. The first kappa shape index (κ1) is 34.7. The molecule has 0 fully saturated rings. The van der Waals surface area contributed by atoms with Crippen LogP contribution in [0.3, 0.4) is 0 Å². The summed E-state index contributed by atoms with van der Waals surface area (Å²) in [5.74, 6) is -1.47. The van der Waals surface area contributed by atoms with E-state index in [9.17, 15) is 28.6 Å². The Kier molecular flexibility index (Phi) is 19.4. The number of phosphoric acid groups is 1. The van der Waals surface area contributed by atoms with Gasteiger partial charge in [0.1, 0.15) is 13.2 Å². The van der Waals surface area contributed by atoms with Crippen LogP contribution in [0.5, 0.6) is 0 Å². The minimum atomic E-state index is -4.57. The van der Waals surface area contributed by atoms with Gasteiger partial charge < -0.3 is 43.7 Å². The topological polar surface area (TPSA) is 194 Å². The molecule has 0 aliphatic rings. The largest absolute Gasteiger partial charge is 0.629 e. The van der Waals surface area contributed by atoms with E-state index in [1.54, 1.807) is 6.92 Å². The van der Waals surface area contributed by atoms with Crippen LogP contribution in [0.2, 0.25) is 0 Å². The lowest BCUT2D eigenvalue weighted by Gasteiger charge is -2.30. The van der Waals surface area contributed by atoms with Gasteiger partial charge in [0.15, 0.2) is 0 Å². The molecule has 0 aromatic heterocycles. The van der Waals surface area contributed by atoms with E-state index in [0.29, 0.717) is 0 Å². The highest BCUT2D eigenvalue weighted by Crippen LogP contribution is 2.43. The van der Waals surface area contributed by atoms with Gasteiger partial charge in [0.2, 0.25) is 5.91 Å². The lowest BCUT2D eigenvalue weighted by molar-refractivity contribution is -0.152. The number of carbonyl (C=O) groups is 4. The minimum absolute atomic E-state index is 0.0268. The van der Waals surface area contributed by atoms with E-state index >= 15 is 0 Å². The van der Waals surface area contributed by atoms with E-state index in [1.165, 1.54) is 6.92 Å². The molecule has 2 amide bonds. The van der Waals surface area contributed by atoms with Crippen molar-refractivity contribution >= 4 is 31.8 Å². The molecule has 16 heteroatoms. The summed E-state index contributed by atoms with van der Waals surface area (Å²) >= 11 is 0. The predicted octanol–water partition coefficient (Wildman–Crippen LogP) is 0.842. The molecule has 0 aliphatic carbocycles. The Bertz CT molecular complexity index is 735. The van der Waals surface area contributed by atoms with Gasteiger partial charge in [-0.15, -0.1) is 0 Å². The zero-order valence-electron chi connectivity index (χ0n) is 21.6. The Labute approximate surface area is 216 Å². The van der Waals surface area contributed by atoms with Gasteiger partial charge in [-0.1, -0.05) is 20.0 Å². The molecule has 0 saturated heterocycles. The summed E-state index contributed by atoms with van der Waals surface area (Å²) in [6, 6.07) is 0. The predicted molar refractivity (Wildman–Crippen MR) is 127 cm³/mol. The van der Waals surface area contributed by atoms with Crippen LogP contribution < -0.4 is 10.6 Å². The van der Waals surface area contributed by atoms with Gasteiger partial charge in [0.05, 0.1) is 25.9 Å². The molecule has 0 saturated carbocycles. The van der Waals surface area contributed by atoms with Gasteiger partial charge in [-0.25, -0.2) is 9.36 Å². The maximum absolute atomic E-state index is 12.0. The lowest BCUT2D eigenvalue weighted by atomic mass is 10.4. The van der Waals surface area contributed by atoms with E-state index in [4.69, 9.17) is 32.7 Å². The summed E-state index contributed by atoms with van der Waals surface area (Å²) in [7, 11) is -4.57. The monoisotopic (exact) mass is 557 g/mol.